The molecule has 0 aliphatic carbocycles. The summed E-state index contributed by atoms with van der Waals surface area (Å²) in [5.74, 6) is 0.783. The van der Waals surface area contributed by atoms with Crippen molar-refractivity contribution in [2.75, 3.05) is 26.4 Å². The van der Waals surface area contributed by atoms with Crippen LogP contribution in [0.15, 0.2) is 82.9 Å². The number of azide groups is 1. The highest BCUT2D eigenvalue weighted by Crippen LogP contribution is 2.31. The van der Waals surface area contributed by atoms with Gasteiger partial charge in [0.05, 0.1) is 6.61 Å². The van der Waals surface area contributed by atoms with Crippen molar-refractivity contribution in [1.29, 1.82) is 0 Å². The molecular weight excluding hydrogens is 482 g/mol. The number of rotatable bonds is 12. The first kappa shape index (κ1) is 26.7. The quantitative estimate of drug-likeness (QED) is 0.156. The van der Waals surface area contributed by atoms with E-state index in [4.69, 9.17) is 25.1 Å². The zero-order valence-corrected chi connectivity index (χ0v) is 21.3. The van der Waals surface area contributed by atoms with Crippen LogP contribution in [0.1, 0.15) is 28.7 Å². The summed E-state index contributed by atoms with van der Waals surface area (Å²) in [6.45, 7) is 3.03. The Morgan fingerprint density at radius 1 is 1.16 bits per heavy atom. The molecule has 0 fully saturated rings. The third-order valence-electron chi connectivity index (χ3n) is 6.31. The van der Waals surface area contributed by atoms with Crippen LogP contribution in [-0.4, -0.2) is 48.8 Å². The molecule has 3 aromatic carbocycles. The summed E-state index contributed by atoms with van der Waals surface area (Å²) < 4.78 is 11.6. The van der Waals surface area contributed by atoms with Crippen LogP contribution in [0.3, 0.4) is 0 Å². The van der Waals surface area contributed by atoms with E-state index in [1.165, 1.54) is 5.56 Å². The van der Waals surface area contributed by atoms with Crippen LogP contribution < -0.4 is 10.1 Å². The maximum absolute atomic E-state index is 13.6. The van der Waals surface area contributed by atoms with Gasteiger partial charge in [-0.25, -0.2) is 4.99 Å². The number of ether oxygens (including phenoxy) is 2. The molecular formula is C29H31N5O4. The third-order valence-corrected chi connectivity index (χ3v) is 6.31. The molecule has 3 aromatic rings. The maximum atomic E-state index is 13.6. The lowest BCUT2D eigenvalue weighted by Crippen LogP contribution is -2.49. The van der Waals surface area contributed by atoms with Crippen molar-refractivity contribution in [1.82, 2.24) is 5.32 Å². The van der Waals surface area contributed by atoms with E-state index in [1.54, 1.807) is 24.3 Å². The Balaban J connectivity index is 1.56. The molecule has 1 atom stereocenters. The first-order chi connectivity index (χ1) is 18.5. The van der Waals surface area contributed by atoms with Gasteiger partial charge in [0.25, 0.3) is 5.91 Å². The number of carbonyl (C=O) groups excluding carboxylic acids is 1. The molecule has 1 amide bonds. The van der Waals surface area contributed by atoms with Crippen molar-refractivity contribution in [2.24, 2.45) is 10.1 Å². The van der Waals surface area contributed by atoms with Gasteiger partial charge in [0, 0.05) is 42.2 Å². The summed E-state index contributed by atoms with van der Waals surface area (Å²) in [5.41, 5.74) is 12.0. The number of benzene rings is 3. The van der Waals surface area contributed by atoms with E-state index in [1.807, 2.05) is 31.2 Å². The number of amides is 1. The molecule has 0 radical (unpaired) electrons. The smallest absolute Gasteiger partial charge is 0.251 e. The summed E-state index contributed by atoms with van der Waals surface area (Å²) in [6.07, 6.45) is 1.45. The van der Waals surface area contributed by atoms with E-state index in [2.05, 4.69) is 39.6 Å². The fraction of sp³-hybridized carbons (Fsp3) is 0.310. The lowest BCUT2D eigenvalue weighted by Gasteiger charge is -2.24. The number of aliphatic hydroxyl groups is 1. The van der Waals surface area contributed by atoms with Gasteiger partial charge >= 0.3 is 0 Å². The van der Waals surface area contributed by atoms with Crippen molar-refractivity contribution >= 4 is 17.5 Å². The van der Waals surface area contributed by atoms with E-state index < -0.39 is 5.54 Å². The summed E-state index contributed by atoms with van der Waals surface area (Å²) in [4.78, 5) is 21.4. The minimum absolute atomic E-state index is 0.0536. The number of hydrogen-bond donors (Lipinski definition) is 2. The van der Waals surface area contributed by atoms with Crippen LogP contribution in [-0.2, 0) is 22.4 Å². The Hall–Kier alpha value is -4.33. The predicted octanol–water partition coefficient (Wildman–Crippen LogP) is 4.82. The molecule has 4 rings (SSSR count). The second-order valence-corrected chi connectivity index (χ2v) is 9.17. The number of nitrogens with zero attached hydrogens (tertiary/aromatic N) is 4. The van der Waals surface area contributed by atoms with E-state index >= 15 is 0 Å². The molecule has 196 valence electrons. The number of hydrogen-bond acceptors (Lipinski definition) is 6. The van der Waals surface area contributed by atoms with E-state index in [-0.39, 0.29) is 25.5 Å². The highest BCUT2D eigenvalue weighted by atomic mass is 16.5. The van der Waals surface area contributed by atoms with E-state index in [0.717, 1.165) is 11.1 Å². The molecule has 0 saturated carbocycles. The second-order valence-electron chi connectivity index (χ2n) is 9.17. The second kappa shape index (κ2) is 12.8. The molecule has 1 aliphatic heterocycles. The normalized spacial score (nSPS) is 16.2. The summed E-state index contributed by atoms with van der Waals surface area (Å²) >= 11 is 0. The topological polar surface area (TPSA) is 129 Å². The number of carbonyl (C=O) groups is 1. The number of aryl methyl sites for hydroxylation is 1. The Morgan fingerprint density at radius 2 is 1.92 bits per heavy atom. The monoisotopic (exact) mass is 513 g/mol. The van der Waals surface area contributed by atoms with Crippen LogP contribution in [0.2, 0.25) is 0 Å². The molecule has 9 nitrogen and oxygen atoms in total. The highest BCUT2D eigenvalue weighted by molar-refractivity contribution is 6.00. The Bertz CT molecular complexity index is 1320. The fourth-order valence-electron chi connectivity index (χ4n) is 4.19. The van der Waals surface area contributed by atoms with Gasteiger partial charge in [-0.15, -0.1) is 0 Å². The average Bonchev–Trinajstić information content (AvgIpc) is 3.37. The predicted molar refractivity (Wildman–Crippen MR) is 146 cm³/mol. The summed E-state index contributed by atoms with van der Waals surface area (Å²) in [6, 6.07) is 22.6. The van der Waals surface area contributed by atoms with Crippen LogP contribution in [0.5, 0.6) is 5.75 Å². The molecule has 9 heteroatoms. The van der Waals surface area contributed by atoms with Crippen molar-refractivity contribution in [2.45, 2.75) is 31.7 Å². The van der Waals surface area contributed by atoms with Crippen molar-refractivity contribution in [3.8, 4) is 5.75 Å². The van der Waals surface area contributed by atoms with Crippen LogP contribution >= 0.6 is 0 Å². The fourth-order valence-corrected chi connectivity index (χ4v) is 4.19. The van der Waals surface area contributed by atoms with Crippen LogP contribution in [0.25, 0.3) is 10.4 Å². The Labute approximate surface area is 221 Å². The average molecular weight is 514 g/mol. The van der Waals surface area contributed by atoms with E-state index in [9.17, 15) is 4.79 Å². The Morgan fingerprint density at radius 3 is 2.66 bits per heavy atom. The molecule has 1 heterocycles. The Kier molecular flexibility index (Phi) is 8.98. The number of aliphatic hydroxyl groups excluding tert-OH is 1. The first-order valence-electron chi connectivity index (χ1n) is 12.6. The maximum Gasteiger partial charge on any atom is 0.251 e. The van der Waals surface area contributed by atoms with Gasteiger partial charge in [0.1, 0.15) is 12.4 Å². The lowest BCUT2D eigenvalue weighted by molar-refractivity contribution is -0.126. The highest BCUT2D eigenvalue weighted by Gasteiger charge is 2.44. The van der Waals surface area contributed by atoms with Gasteiger partial charge in [-0.3, -0.25) is 4.79 Å². The van der Waals surface area contributed by atoms with Gasteiger partial charge in [-0.05, 0) is 54.3 Å². The first-order valence-corrected chi connectivity index (χ1v) is 12.6. The van der Waals surface area contributed by atoms with Crippen LogP contribution in [0, 0.1) is 6.92 Å². The van der Waals surface area contributed by atoms with Crippen molar-refractivity contribution in [3.63, 3.8) is 0 Å². The molecule has 38 heavy (non-hydrogen) atoms. The number of aliphatic imine (C=N–C) groups is 1. The largest absolute Gasteiger partial charge is 0.494 e. The minimum Gasteiger partial charge on any atom is -0.494 e. The molecule has 0 saturated heterocycles. The number of nitrogens with one attached hydrogen (secondary N) is 1. The third kappa shape index (κ3) is 6.70. The lowest BCUT2D eigenvalue weighted by atomic mass is 9.90. The van der Waals surface area contributed by atoms with Crippen LogP contribution in [0.4, 0.5) is 5.69 Å². The van der Waals surface area contributed by atoms with Crippen molar-refractivity contribution in [3.05, 3.63) is 105 Å². The van der Waals surface area contributed by atoms with E-state index in [0.29, 0.717) is 48.9 Å². The molecule has 0 spiro atoms. The van der Waals surface area contributed by atoms with Gasteiger partial charge in [-0.2, -0.15) is 0 Å². The van der Waals surface area contributed by atoms with Gasteiger partial charge in [-0.1, -0.05) is 59.2 Å². The molecule has 0 aromatic heterocycles. The van der Waals surface area contributed by atoms with Crippen molar-refractivity contribution < 1.29 is 19.4 Å². The SMILES string of the molecule is Cc1ccc(CCNC(=O)[C@@]2(Cc3ccccc3N=[N+]=[N-])COC(c3ccc(OCCCO)cc3)=N2)cc1. The molecule has 0 unspecified atom stereocenters. The summed E-state index contributed by atoms with van der Waals surface area (Å²) in [5, 5.41) is 15.8. The standard InChI is InChI=1S/C29H31N5O4/c1-21-7-9-22(10-8-21)15-16-31-28(36)29(19-24-5-2-3-6-26(24)33-34-30)20-38-27(32-29)23-11-13-25(14-12-23)37-18-4-17-35/h2-3,5-14,35H,4,15-20H2,1H3,(H,31,36)/t29-/m1/s1. The zero-order chi connectivity index (χ0) is 26.8. The zero-order valence-electron chi connectivity index (χ0n) is 21.3. The molecule has 1 aliphatic rings. The van der Waals surface area contributed by atoms with Gasteiger partial charge in [0.2, 0.25) is 5.90 Å². The van der Waals surface area contributed by atoms with Gasteiger partial charge in [0.15, 0.2) is 5.54 Å². The summed E-state index contributed by atoms with van der Waals surface area (Å²) in [7, 11) is 0. The molecule has 0 bridgehead atoms. The molecule has 2 N–H and O–H groups in total. The van der Waals surface area contributed by atoms with Gasteiger partial charge < -0.3 is 19.9 Å². The minimum atomic E-state index is -1.22.